The van der Waals surface area contributed by atoms with Gasteiger partial charge < -0.3 is 14.4 Å². The fourth-order valence-electron chi connectivity index (χ4n) is 3.57. The molecule has 1 amide bonds. The van der Waals surface area contributed by atoms with E-state index in [0.29, 0.717) is 32.5 Å². The first-order chi connectivity index (χ1) is 13.1. The Hall–Kier alpha value is -1.56. The molecule has 1 saturated heterocycles. The van der Waals surface area contributed by atoms with Gasteiger partial charge in [-0.25, -0.2) is 4.79 Å². The maximum atomic E-state index is 12.7. The van der Waals surface area contributed by atoms with E-state index in [4.69, 9.17) is 9.47 Å². The summed E-state index contributed by atoms with van der Waals surface area (Å²) in [4.78, 5) is 26.8. The summed E-state index contributed by atoms with van der Waals surface area (Å²) < 4.78 is 11.9. The van der Waals surface area contributed by atoms with Crippen molar-refractivity contribution in [1.29, 1.82) is 0 Å². The van der Waals surface area contributed by atoms with Crippen molar-refractivity contribution in [2.24, 2.45) is 5.41 Å². The van der Waals surface area contributed by atoms with E-state index in [9.17, 15) is 9.59 Å². The number of esters is 1. The van der Waals surface area contributed by atoms with E-state index in [1.54, 1.807) is 4.90 Å². The standard InChI is InChI=1S/C22H32BrNO4/c1-5-27-19(25)22(12-6-7-17-8-10-18(23)11-9-17)13-15-24(16-14-22)20(26)28-21(2,3)4/h8-11H,5-7,12-16H2,1-4H3. The van der Waals surface area contributed by atoms with Crippen molar-refractivity contribution >= 4 is 28.0 Å². The lowest BCUT2D eigenvalue weighted by molar-refractivity contribution is -0.159. The molecule has 156 valence electrons. The van der Waals surface area contributed by atoms with Crippen molar-refractivity contribution in [3.63, 3.8) is 0 Å². The van der Waals surface area contributed by atoms with Gasteiger partial charge in [-0.05, 0) is 77.5 Å². The van der Waals surface area contributed by atoms with Crippen molar-refractivity contribution < 1.29 is 19.1 Å². The Bertz CT molecular complexity index is 658. The number of hydrogen-bond acceptors (Lipinski definition) is 4. The number of benzene rings is 1. The Morgan fingerprint density at radius 1 is 1.14 bits per heavy atom. The number of carbonyl (C=O) groups is 2. The Morgan fingerprint density at radius 2 is 1.75 bits per heavy atom. The number of aryl methyl sites for hydroxylation is 1. The summed E-state index contributed by atoms with van der Waals surface area (Å²) in [6.07, 6.45) is 3.53. The van der Waals surface area contributed by atoms with E-state index in [1.807, 2.05) is 39.8 Å². The molecule has 5 nitrogen and oxygen atoms in total. The molecular formula is C22H32BrNO4. The Morgan fingerprint density at radius 3 is 2.29 bits per heavy atom. The summed E-state index contributed by atoms with van der Waals surface area (Å²) in [5, 5.41) is 0. The molecule has 1 aliphatic rings. The minimum absolute atomic E-state index is 0.130. The third-order valence-electron chi connectivity index (χ3n) is 5.11. The first-order valence-corrected chi connectivity index (χ1v) is 10.8. The van der Waals surface area contributed by atoms with Gasteiger partial charge in [0, 0.05) is 17.6 Å². The summed E-state index contributed by atoms with van der Waals surface area (Å²) in [5.74, 6) is -0.130. The summed E-state index contributed by atoms with van der Waals surface area (Å²) in [6.45, 7) is 8.84. The molecule has 0 atom stereocenters. The highest BCUT2D eigenvalue weighted by Crippen LogP contribution is 2.38. The van der Waals surface area contributed by atoms with Crippen LogP contribution in [0.25, 0.3) is 0 Å². The Balaban J connectivity index is 1.97. The second-order valence-corrected chi connectivity index (χ2v) is 9.36. The Labute approximate surface area is 176 Å². The van der Waals surface area contributed by atoms with Crippen LogP contribution in [0.5, 0.6) is 0 Å². The minimum Gasteiger partial charge on any atom is -0.466 e. The van der Waals surface area contributed by atoms with Crippen LogP contribution < -0.4 is 0 Å². The zero-order valence-corrected chi connectivity index (χ0v) is 19.0. The van der Waals surface area contributed by atoms with Crippen molar-refractivity contribution in [2.45, 2.75) is 65.4 Å². The van der Waals surface area contributed by atoms with Crippen LogP contribution in [0, 0.1) is 5.41 Å². The lowest BCUT2D eigenvalue weighted by atomic mass is 9.74. The molecule has 0 aromatic heterocycles. The van der Waals surface area contributed by atoms with E-state index in [2.05, 4.69) is 28.1 Å². The fraction of sp³-hybridized carbons (Fsp3) is 0.636. The number of piperidine rings is 1. The average molecular weight is 454 g/mol. The van der Waals surface area contributed by atoms with Gasteiger partial charge in [0.2, 0.25) is 0 Å². The van der Waals surface area contributed by atoms with Gasteiger partial charge >= 0.3 is 12.1 Å². The number of rotatable bonds is 6. The highest BCUT2D eigenvalue weighted by molar-refractivity contribution is 9.10. The Kier molecular flexibility index (Phi) is 7.93. The highest BCUT2D eigenvalue weighted by atomic mass is 79.9. The van der Waals surface area contributed by atoms with Crippen molar-refractivity contribution in [1.82, 2.24) is 4.90 Å². The second kappa shape index (κ2) is 9.77. The van der Waals surface area contributed by atoms with Gasteiger partial charge in [-0.15, -0.1) is 0 Å². The maximum absolute atomic E-state index is 12.7. The van der Waals surface area contributed by atoms with Crippen LogP contribution in [-0.4, -0.2) is 42.3 Å². The number of halogens is 1. The van der Waals surface area contributed by atoms with Gasteiger partial charge in [0.15, 0.2) is 0 Å². The second-order valence-electron chi connectivity index (χ2n) is 8.45. The molecule has 0 saturated carbocycles. The third-order valence-corrected chi connectivity index (χ3v) is 5.64. The van der Waals surface area contributed by atoms with Crippen LogP contribution in [0.4, 0.5) is 4.79 Å². The van der Waals surface area contributed by atoms with Crippen LogP contribution in [0.3, 0.4) is 0 Å². The quantitative estimate of drug-likeness (QED) is 0.544. The normalized spacial score (nSPS) is 16.5. The molecule has 1 aromatic rings. The summed E-state index contributed by atoms with van der Waals surface area (Å²) in [5.41, 5.74) is 0.231. The molecule has 6 heteroatoms. The molecule has 1 fully saturated rings. The van der Waals surface area contributed by atoms with E-state index in [0.717, 1.165) is 23.7 Å². The summed E-state index contributed by atoms with van der Waals surface area (Å²) >= 11 is 3.45. The van der Waals surface area contributed by atoms with E-state index >= 15 is 0 Å². The predicted octanol–water partition coefficient (Wildman–Crippen LogP) is 5.35. The molecule has 0 N–H and O–H groups in total. The van der Waals surface area contributed by atoms with Gasteiger partial charge in [0.25, 0.3) is 0 Å². The van der Waals surface area contributed by atoms with Crippen LogP contribution in [0.2, 0.25) is 0 Å². The fourth-order valence-corrected chi connectivity index (χ4v) is 3.83. The SMILES string of the molecule is CCOC(=O)C1(CCCc2ccc(Br)cc2)CCN(C(=O)OC(C)(C)C)CC1. The maximum Gasteiger partial charge on any atom is 0.410 e. The van der Waals surface area contributed by atoms with Crippen molar-refractivity contribution in [3.8, 4) is 0 Å². The van der Waals surface area contributed by atoms with Crippen molar-refractivity contribution in [3.05, 3.63) is 34.3 Å². The van der Waals surface area contributed by atoms with E-state index in [-0.39, 0.29) is 12.1 Å². The van der Waals surface area contributed by atoms with Gasteiger partial charge in [0.05, 0.1) is 12.0 Å². The predicted molar refractivity (Wildman–Crippen MR) is 113 cm³/mol. The minimum atomic E-state index is -0.516. The number of hydrogen-bond donors (Lipinski definition) is 0. The molecule has 0 spiro atoms. The zero-order chi connectivity index (χ0) is 20.8. The first kappa shape index (κ1) is 22.7. The topological polar surface area (TPSA) is 55.8 Å². The third kappa shape index (κ3) is 6.50. The number of likely N-dealkylation sites (tertiary alicyclic amines) is 1. The van der Waals surface area contributed by atoms with Crippen LogP contribution in [0.15, 0.2) is 28.7 Å². The molecule has 0 radical (unpaired) electrons. The smallest absolute Gasteiger partial charge is 0.410 e. The van der Waals surface area contributed by atoms with Gasteiger partial charge in [0.1, 0.15) is 5.60 Å². The number of carbonyl (C=O) groups excluding carboxylic acids is 2. The van der Waals surface area contributed by atoms with Gasteiger partial charge in [-0.3, -0.25) is 4.79 Å². The van der Waals surface area contributed by atoms with Gasteiger partial charge in [-0.1, -0.05) is 28.1 Å². The molecule has 0 bridgehead atoms. The molecule has 1 heterocycles. The molecule has 28 heavy (non-hydrogen) atoms. The van der Waals surface area contributed by atoms with E-state index in [1.165, 1.54) is 5.56 Å². The highest BCUT2D eigenvalue weighted by Gasteiger charge is 2.43. The summed E-state index contributed by atoms with van der Waals surface area (Å²) in [6, 6.07) is 8.28. The average Bonchev–Trinajstić information content (AvgIpc) is 2.62. The molecule has 1 aliphatic heterocycles. The van der Waals surface area contributed by atoms with Crippen molar-refractivity contribution in [2.75, 3.05) is 19.7 Å². The zero-order valence-electron chi connectivity index (χ0n) is 17.4. The van der Waals surface area contributed by atoms with Gasteiger partial charge in [-0.2, -0.15) is 0 Å². The van der Waals surface area contributed by atoms with Crippen LogP contribution in [-0.2, 0) is 20.7 Å². The molecule has 1 aromatic carbocycles. The number of ether oxygens (including phenoxy) is 2. The molecule has 0 aliphatic carbocycles. The van der Waals surface area contributed by atoms with E-state index < -0.39 is 11.0 Å². The lowest BCUT2D eigenvalue weighted by Gasteiger charge is -2.40. The largest absolute Gasteiger partial charge is 0.466 e. The molecule has 2 rings (SSSR count). The van der Waals surface area contributed by atoms with Crippen LogP contribution >= 0.6 is 15.9 Å². The lowest BCUT2D eigenvalue weighted by Crippen LogP contribution is -2.48. The molecule has 0 unspecified atom stereocenters. The first-order valence-electron chi connectivity index (χ1n) is 10.0. The van der Waals surface area contributed by atoms with Crippen LogP contribution in [0.1, 0.15) is 58.9 Å². The summed E-state index contributed by atoms with van der Waals surface area (Å²) in [7, 11) is 0. The number of nitrogens with zero attached hydrogens (tertiary/aromatic N) is 1. The number of amides is 1. The molecular weight excluding hydrogens is 422 g/mol. The monoisotopic (exact) mass is 453 g/mol.